The Hall–Kier alpha value is -3.35. The zero-order valence-electron chi connectivity index (χ0n) is 24.2. The minimum atomic E-state index is 0.0184. The van der Waals surface area contributed by atoms with Crippen molar-refractivity contribution in [2.45, 2.75) is 59.4 Å². The van der Waals surface area contributed by atoms with Crippen LogP contribution in [0, 0.1) is 22.7 Å². The van der Waals surface area contributed by atoms with Crippen molar-refractivity contribution in [3.05, 3.63) is 46.3 Å². The lowest BCUT2D eigenvalue weighted by Crippen LogP contribution is -2.47. The summed E-state index contributed by atoms with van der Waals surface area (Å²) in [6.45, 7) is 11.3. The largest absolute Gasteiger partial charge is 0.394 e. The first-order valence-corrected chi connectivity index (χ1v) is 14.2. The first-order chi connectivity index (χ1) is 18.9. The number of hydrogen-bond acceptors (Lipinski definition) is 7. The number of amides is 1. The molecule has 1 atom stereocenters. The number of ether oxygens (including phenoxy) is 1. The summed E-state index contributed by atoms with van der Waals surface area (Å²) in [7, 11) is 1.82. The van der Waals surface area contributed by atoms with E-state index < -0.39 is 0 Å². The highest BCUT2D eigenvalue weighted by atomic mass is 16.5. The van der Waals surface area contributed by atoms with Gasteiger partial charge in [0.1, 0.15) is 5.84 Å². The zero-order valence-corrected chi connectivity index (χ0v) is 24.2. The van der Waals surface area contributed by atoms with Crippen molar-refractivity contribution < 1.29 is 9.53 Å². The number of nitrogens with zero attached hydrogens (tertiary/aromatic N) is 3. The molecule has 212 valence electrons. The number of rotatable bonds is 6. The fourth-order valence-electron chi connectivity index (χ4n) is 5.55. The second-order valence-corrected chi connectivity index (χ2v) is 10.2. The van der Waals surface area contributed by atoms with Crippen molar-refractivity contribution >= 4 is 23.0 Å². The number of nitrogens with two attached hydrogens (primary N) is 1. The van der Waals surface area contributed by atoms with Gasteiger partial charge in [-0.15, -0.1) is 0 Å². The number of fused-ring (bicyclic) bond motifs is 1. The molecule has 4 rings (SSSR count). The summed E-state index contributed by atoms with van der Waals surface area (Å²) in [6.07, 6.45) is 5.26. The molecule has 1 amide bonds. The molecule has 0 radical (unpaired) electrons. The fraction of sp³-hybridized carbons (Fsp3) is 0.567. The van der Waals surface area contributed by atoms with E-state index in [0.29, 0.717) is 56.0 Å². The molecule has 1 fully saturated rings. The maximum absolute atomic E-state index is 12.3. The lowest BCUT2D eigenvalue weighted by molar-refractivity contribution is -0.128. The number of carbonyl (C=O) groups is 1. The van der Waals surface area contributed by atoms with E-state index in [1.807, 2.05) is 43.0 Å². The molecule has 0 aliphatic carbocycles. The number of nitriles is 1. The van der Waals surface area contributed by atoms with Crippen molar-refractivity contribution in [1.82, 2.24) is 15.5 Å². The van der Waals surface area contributed by atoms with Gasteiger partial charge < -0.3 is 30.9 Å². The highest BCUT2D eigenvalue weighted by molar-refractivity contribution is 6.09. The van der Waals surface area contributed by atoms with E-state index in [2.05, 4.69) is 29.7 Å². The number of carbonyl (C=O) groups excluding carboxylic acids is 1. The van der Waals surface area contributed by atoms with Gasteiger partial charge in [-0.1, -0.05) is 20.8 Å². The van der Waals surface area contributed by atoms with Crippen LogP contribution in [0.1, 0.15) is 63.6 Å². The predicted octanol–water partition coefficient (Wildman–Crippen LogP) is 3.35. The van der Waals surface area contributed by atoms with Crippen molar-refractivity contribution in [2.24, 2.45) is 11.7 Å². The first kappa shape index (κ1) is 30.2. The summed E-state index contributed by atoms with van der Waals surface area (Å²) >= 11 is 0. The van der Waals surface area contributed by atoms with Crippen LogP contribution in [0.2, 0.25) is 0 Å². The summed E-state index contributed by atoms with van der Waals surface area (Å²) in [5, 5.41) is 26.1. The van der Waals surface area contributed by atoms with Crippen molar-refractivity contribution in [3.8, 4) is 6.07 Å². The normalized spacial score (nSPS) is 19.9. The van der Waals surface area contributed by atoms with E-state index in [-0.39, 0.29) is 5.91 Å². The van der Waals surface area contributed by atoms with Crippen molar-refractivity contribution in [3.63, 3.8) is 0 Å². The number of benzene rings is 1. The molecule has 9 heteroatoms. The van der Waals surface area contributed by atoms with Gasteiger partial charge in [0.2, 0.25) is 5.91 Å². The molecule has 0 unspecified atom stereocenters. The second kappa shape index (κ2) is 14.2. The molecule has 3 heterocycles. The molecule has 0 saturated carbocycles. The summed E-state index contributed by atoms with van der Waals surface area (Å²) in [5.41, 5.74) is 12.2. The molecule has 1 aromatic carbocycles. The van der Waals surface area contributed by atoms with Crippen LogP contribution in [-0.4, -0.2) is 69.1 Å². The van der Waals surface area contributed by atoms with E-state index in [1.54, 1.807) is 6.92 Å². The first-order valence-electron chi connectivity index (χ1n) is 14.2. The molecule has 5 N–H and O–H groups in total. The summed E-state index contributed by atoms with van der Waals surface area (Å²) < 4.78 is 5.53. The Bertz CT molecular complexity index is 1140. The van der Waals surface area contributed by atoms with Crippen LogP contribution in [-0.2, 0) is 16.0 Å². The number of amidine groups is 1. The second-order valence-electron chi connectivity index (χ2n) is 10.2. The van der Waals surface area contributed by atoms with Gasteiger partial charge >= 0.3 is 0 Å². The molecule has 0 aromatic heterocycles. The molecule has 9 nitrogen and oxygen atoms in total. The molecule has 0 spiro atoms. The van der Waals surface area contributed by atoms with E-state index in [0.717, 1.165) is 66.1 Å². The molecule has 39 heavy (non-hydrogen) atoms. The van der Waals surface area contributed by atoms with Gasteiger partial charge in [-0.05, 0) is 54.0 Å². The molecule has 1 saturated heterocycles. The van der Waals surface area contributed by atoms with Gasteiger partial charge in [0, 0.05) is 82.4 Å². The van der Waals surface area contributed by atoms with Crippen LogP contribution in [0.3, 0.4) is 0 Å². The Labute approximate surface area is 233 Å². The van der Waals surface area contributed by atoms with Gasteiger partial charge in [0.05, 0.1) is 18.2 Å². The maximum Gasteiger partial charge on any atom is 0.219 e. The monoisotopic (exact) mass is 535 g/mol. The van der Waals surface area contributed by atoms with E-state index in [9.17, 15) is 15.5 Å². The highest BCUT2D eigenvalue weighted by Crippen LogP contribution is 2.36. The smallest absolute Gasteiger partial charge is 0.219 e. The predicted molar refractivity (Wildman–Crippen MR) is 157 cm³/mol. The minimum Gasteiger partial charge on any atom is -0.394 e. The quantitative estimate of drug-likeness (QED) is 0.325. The van der Waals surface area contributed by atoms with Crippen LogP contribution in [0.4, 0.5) is 5.69 Å². The SMILES string of the molecule is CC.CN/C=C(\CN)c1cc2c(cc1C#N)N(C(=N)C1=C(NC3CCOCC3)CCN(C(C)=O)C1)C[C@@H](C)C2. The Morgan fingerprint density at radius 2 is 2.03 bits per heavy atom. The van der Waals surface area contributed by atoms with Crippen molar-refractivity contribution in [1.29, 1.82) is 10.7 Å². The third-order valence-corrected chi connectivity index (χ3v) is 7.52. The topological polar surface area (TPSA) is 130 Å². The average molecular weight is 536 g/mol. The lowest BCUT2D eigenvalue weighted by Gasteiger charge is -2.39. The molecule has 0 bridgehead atoms. The number of anilines is 1. The average Bonchev–Trinajstić information content (AvgIpc) is 2.96. The van der Waals surface area contributed by atoms with Gasteiger partial charge in [0.25, 0.3) is 0 Å². The zero-order chi connectivity index (χ0) is 28.5. The van der Waals surface area contributed by atoms with Gasteiger partial charge in [-0.3, -0.25) is 10.2 Å². The minimum absolute atomic E-state index is 0.0184. The summed E-state index contributed by atoms with van der Waals surface area (Å²) in [4.78, 5) is 16.1. The van der Waals surface area contributed by atoms with E-state index >= 15 is 0 Å². The maximum atomic E-state index is 12.3. The molecular weight excluding hydrogens is 490 g/mol. The lowest BCUT2D eigenvalue weighted by atomic mass is 9.88. The Kier molecular flexibility index (Phi) is 11.0. The van der Waals surface area contributed by atoms with Crippen LogP contribution in [0.5, 0.6) is 0 Å². The van der Waals surface area contributed by atoms with Crippen LogP contribution >= 0.6 is 0 Å². The van der Waals surface area contributed by atoms with Crippen molar-refractivity contribution in [2.75, 3.05) is 51.3 Å². The molecule has 3 aliphatic heterocycles. The Morgan fingerprint density at radius 1 is 1.31 bits per heavy atom. The third-order valence-electron chi connectivity index (χ3n) is 7.52. The van der Waals surface area contributed by atoms with Gasteiger partial charge in [-0.25, -0.2) is 0 Å². The highest BCUT2D eigenvalue weighted by Gasteiger charge is 2.32. The third kappa shape index (κ3) is 7.00. The molecular formula is C30H45N7O2. The number of nitrogens with one attached hydrogen (secondary N) is 3. The van der Waals surface area contributed by atoms with E-state index in [4.69, 9.17) is 10.5 Å². The Morgan fingerprint density at radius 3 is 2.64 bits per heavy atom. The summed E-state index contributed by atoms with van der Waals surface area (Å²) in [6, 6.07) is 6.63. The van der Waals surface area contributed by atoms with Gasteiger partial charge in [0.15, 0.2) is 0 Å². The standard InChI is InChI=1S/C28H39N7O2.C2H6/c1-18-10-20-11-24(22(14-30)15-32-3)21(13-29)12-27(20)35(16-18)28(31)25-17-34(19(2)36)7-4-26(25)33-23-5-8-37-9-6-23;1-2/h11-12,15,18,23,31-33H,4-10,14,16-17,30H2,1-3H3;1-2H3/b22-15+,31-28?;/t18-;/m0./s1. The van der Waals surface area contributed by atoms with Crippen LogP contribution < -0.4 is 21.3 Å². The van der Waals surface area contributed by atoms with Crippen LogP contribution in [0.15, 0.2) is 29.6 Å². The summed E-state index contributed by atoms with van der Waals surface area (Å²) in [5.74, 6) is 0.739. The van der Waals surface area contributed by atoms with Crippen LogP contribution in [0.25, 0.3) is 5.57 Å². The number of hydrogen-bond donors (Lipinski definition) is 4. The molecule has 1 aromatic rings. The van der Waals surface area contributed by atoms with Gasteiger partial charge in [-0.2, -0.15) is 5.26 Å². The fourth-order valence-corrected chi connectivity index (χ4v) is 5.55. The Balaban J connectivity index is 0.00000205. The van der Waals surface area contributed by atoms with E-state index in [1.165, 1.54) is 0 Å². The molecule has 3 aliphatic rings.